The van der Waals surface area contributed by atoms with Crippen LogP contribution in [0.5, 0.6) is 0 Å². The van der Waals surface area contributed by atoms with Gasteiger partial charge in [0.25, 0.3) is 0 Å². The molecule has 126 heavy (non-hydrogen) atoms. The Labute approximate surface area is 729 Å². The standard InChI is InChI=1S/C42H30N4.2C36H26N4/c1-42(2)35-19-11-9-17-31(35)33-25-34-32-18-10-12-20-37(32)46(38(34)26-36(33)42)30-23-21-29(22-24-30)41-44-39(27-13-5-3-6-14-27)43-40(45-41)28-15-7-4-8-16-28;1-36(2)28-19-11-9-17-25(28)26-21-22-30-31(32(26)36)27-18-10-12-20-29(27)40(30)35-38-33(23-13-5-3-6-14-23)37-34(39-35)24-15-7-4-8-16-24;1-36(2)27-19-11-9-17-25(27)31-28(36)21-22-30-32(31)26-18-10-12-20-29(26)40(30)35-38-33(23-13-5-3-6-14-23)37-34(39-35)24-15-7-4-8-16-24/h3-26H,1-2H3;2*3-22H,1-2H3. The molecule has 12 nitrogen and oxygen atoms in total. The highest BCUT2D eigenvalue weighted by Gasteiger charge is 2.41. The van der Waals surface area contributed by atoms with Crippen LogP contribution in [0.25, 0.3) is 196 Å². The number of rotatable bonds is 10. The Hall–Kier alpha value is -16.1. The van der Waals surface area contributed by atoms with Crippen LogP contribution >= 0.6 is 0 Å². The summed E-state index contributed by atoms with van der Waals surface area (Å²) in [5.74, 6) is 5.83. The van der Waals surface area contributed by atoms with E-state index in [1.807, 2.05) is 182 Å². The quantitative estimate of drug-likeness (QED) is 0.131. The first kappa shape index (κ1) is 75.0. The molecule has 6 heterocycles. The Morgan fingerprint density at radius 1 is 0.190 bits per heavy atom. The van der Waals surface area contributed by atoms with Gasteiger partial charge in [0.1, 0.15) is 0 Å². The lowest BCUT2D eigenvalue weighted by Crippen LogP contribution is -2.15. The SMILES string of the molecule is CC1(C)c2ccccc2-c2c1ccc1c2c2ccccc2n1-c1nc(-c2ccccc2)nc(-c2ccccc2)n1.CC1(C)c2ccccc2-c2cc3c4ccccc4n(-c4ccc(-c5nc(-c6ccccc6)nc(-c6ccccc6)n5)cc4)c3cc21.CC1(C)c2ccccc2-c2ccc3c(c21)c1ccccc1n3-c1nc(-c2ccccc2)nc(-c2ccccc2)n1. The summed E-state index contributed by atoms with van der Waals surface area (Å²) in [5, 5.41) is 7.43. The van der Waals surface area contributed by atoms with Gasteiger partial charge in [0.2, 0.25) is 11.9 Å². The minimum absolute atomic E-state index is 0.0720. The molecular formula is C114H82N12. The number of fused-ring (bicyclic) bond motifs is 20. The minimum atomic E-state index is -0.135. The summed E-state index contributed by atoms with van der Waals surface area (Å²) in [4.78, 5) is 44.9. The number of para-hydroxylation sites is 3. The monoisotopic (exact) mass is 1620 g/mol. The van der Waals surface area contributed by atoms with E-state index < -0.39 is 0 Å². The van der Waals surface area contributed by atoms with E-state index in [4.69, 9.17) is 44.9 Å². The van der Waals surface area contributed by atoms with Gasteiger partial charge in [0.05, 0.1) is 33.1 Å². The molecule has 0 amide bonds. The van der Waals surface area contributed by atoms with Crippen molar-refractivity contribution in [3.05, 3.63) is 422 Å². The van der Waals surface area contributed by atoms with Crippen molar-refractivity contribution in [3.8, 4) is 131 Å². The maximum Gasteiger partial charge on any atom is 0.238 e. The molecule has 0 unspecified atom stereocenters. The summed E-state index contributed by atoms with van der Waals surface area (Å²) in [5.41, 5.74) is 30.4. The van der Waals surface area contributed by atoms with Crippen molar-refractivity contribution in [2.45, 2.75) is 57.8 Å². The lowest BCUT2D eigenvalue weighted by molar-refractivity contribution is 0.660. The van der Waals surface area contributed by atoms with Gasteiger partial charge in [-0.2, -0.15) is 19.9 Å². The molecule has 0 spiro atoms. The average Bonchev–Trinajstić information content (AvgIpc) is 1.55. The van der Waals surface area contributed by atoms with Crippen LogP contribution in [-0.4, -0.2) is 58.6 Å². The fourth-order valence-electron chi connectivity index (χ4n) is 19.9. The van der Waals surface area contributed by atoms with E-state index >= 15 is 0 Å². The fraction of sp³-hybridized carbons (Fsp3) is 0.0789. The van der Waals surface area contributed by atoms with Crippen LogP contribution in [0.15, 0.2) is 388 Å². The number of aromatic nitrogens is 12. The first-order chi connectivity index (χ1) is 61.8. The van der Waals surface area contributed by atoms with E-state index in [0.717, 1.165) is 66.7 Å². The molecule has 3 aliphatic rings. The molecule has 22 aromatic rings. The van der Waals surface area contributed by atoms with Gasteiger partial charge >= 0.3 is 0 Å². The molecule has 16 aromatic carbocycles. The van der Waals surface area contributed by atoms with Crippen LogP contribution < -0.4 is 0 Å². The largest absolute Gasteiger partial charge is 0.309 e. The Kier molecular flexibility index (Phi) is 17.6. The topological polar surface area (TPSA) is 131 Å². The van der Waals surface area contributed by atoms with Gasteiger partial charge in [0.15, 0.2) is 40.8 Å². The van der Waals surface area contributed by atoms with Gasteiger partial charge in [-0.1, -0.05) is 363 Å². The van der Waals surface area contributed by atoms with E-state index in [0.29, 0.717) is 52.7 Å². The molecule has 0 fully saturated rings. The summed E-state index contributed by atoms with van der Waals surface area (Å²) in [6, 6.07) is 136. The second-order valence-corrected chi connectivity index (χ2v) is 34.4. The minimum Gasteiger partial charge on any atom is -0.309 e. The zero-order valence-corrected chi connectivity index (χ0v) is 70.3. The highest BCUT2D eigenvalue weighted by molar-refractivity contribution is 6.19. The average molecular weight is 1620 g/mol. The number of hydrogen-bond acceptors (Lipinski definition) is 9. The predicted octanol–water partition coefficient (Wildman–Crippen LogP) is 27.5. The molecule has 3 aliphatic carbocycles. The van der Waals surface area contributed by atoms with Gasteiger partial charge < -0.3 is 4.57 Å². The van der Waals surface area contributed by atoms with Crippen molar-refractivity contribution in [1.29, 1.82) is 0 Å². The molecule has 0 saturated heterocycles. The van der Waals surface area contributed by atoms with Gasteiger partial charge in [-0.15, -0.1) is 0 Å². The maximum atomic E-state index is 5.08. The molecule has 25 rings (SSSR count). The third-order valence-corrected chi connectivity index (χ3v) is 26.0. The second-order valence-electron chi connectivity index (χ2n) is 34.4. The van der Waals surface area contributed by atoms with E-state index in [9.17, 15) is 0 Å². The molecule has 0 atom stereocenters. The van der Waals surface area contributed by atoms with E-state index in [1.54, 1.807) is 0 Å². The third kappa shape index (κ3) is 12.2. The first-order valence-electron chi connectivity index (χ1n) is 43.0. The van der Waals surface area contributed by atoms with Crippen LogP contribution in [0.3, 0.4) is 0 Å². The van der Waals surface area contributed by atoms with Crippen molar-refractivity contribution in [2.24, 2.45) is 0 Å². The molecule has 12 heteroatoms. The van der Waals surface area contributed by atoms with E-state index in [-0.39, 0.29) is 16.2 Å². The highest BCUT2D eigenvalue weighted by Crippen LogP contribution is 2.56. The zero-order valence-electron chi connectivity index (χ0n) is 70.3. The first-order valence-corrected chi connectivity index (χ1v) is 43.0. The maximum absolute atomic E-state index is 5.08. The molecule has 0 aliphatic heterocycles. The van der Waals surface area contributed by atoms with Crippen molar-refractivity contribution in [2.75, 3.05) is 0 Å². The summed E-state index contributed by atoms with van der Waals surface area (Å²) >= 11 is 0. The molecule has 0 bridgehead atoms. The Morgan fingerprint density at radius 2 is 0.516 bits per heavy atom. The normalized spacial score (nSPS) is 13.3. The molecule has 6 aromatic heterocycles. The lowest BCUT2D eigenvalue weighted by atomic mass is 9.80. The highest BCUT2D eigenvalue weighted by atomic mass is 15.2. The number of hydrogen-bond donors (Lipinski definition) is 0. The van der Waals surface area contributed by atoms with Crippen LogP contribution in [0.1, 0.15) is 74.9 Å². The second kappa shape index (κ2) is 29.6. The summed E-state index contributed by atoms with van der Waals surface area (Å²) in [7, 11) is 0. The molecule has 598 valence electrons. The number of benzene rings is 16. The van der Waals surface area contributed by atoms with Crippen LogP contribution in [-0.2, 0) is 16.2 Å². The Balaban J connectivity index is 0.000000109. The summed E-state index contributed by atoms with van der Waals surface area (Å²) in [6.07, 6.45) is 0. The van der Waals surface area contributed by atoms with Gasteiger partial charge in [-0.25, -0.2) is 24.9 Å². The van der Waals surface area contributed by atoms with Crippen LogP contribution in [0, 0.1) is 0 Å². The molecule has 0 N–H and O–H groups in total. The van der Waals surface area contributed by atoms with E-state index in [1.165, 1.54) is 110 Å². The van der Waals surface area contributed by atoms with Crippen molar-refractivity contribution >= 4 is 65.4 Å². The third-order valence-electron chi connectivity index (χ3n) is 26.0. The Morgan fingerprint density at radius 3 is 0.968 bits per heavy atom. The van der Waals surface area contributed by atoms with Crippen molar-refractivity contribution in [1.82, 2.24) is 58.6 Å². The fourth-order valence-corrected chi connectivity index (χ4v) is 19.9. The summed E-state index contributed by atoms with van der Waals surface area (Å²) in [6.45, 7) is 14.0. The smallest absolute Gasteiger partial charge is 0.238 e. The van der Waals surface area contributed by atoms with Crippen LogP contribution in [0.4, 0.5) is 0 Å². The molecular weight excluding hydrogens is 1540 g/mol. The van der Waals surface area contributed by atoms with Crippen LogP contribution in [0.2, 0.25) is 0 Å². The number of nitrogens with zero attached hydrogens (tertiary/aromatic N) is 12. The van der Waals surface area contributed by atoms with Gasteiger partial charge in [-0.05, 0) is 133 Å². The zero-order chi connectivity index (χ0) is 84.5. The van der Waals surface area contributed by atoms with Crippen molar-refractivity contribution < 1.29 is 0 Å². The van der Waals surface area contributed by atoms with E-state index in [2.05, 4.69) is 262 Å². The molecule has 0 radical (unpaired) electrons. The Bertz CT molecular complexity index is 7900. The van der Waals surface area contributed by atoms with Gasteiger partial charge in [0, 0.05) is 93.2 Å². The van der Waals surface area contributed by atoms with Crippen molar-refractivity contribution in [3.63, 3.8) is 0 Å². The lowest BCUT2D eigenvalue weighted by Gasteiger charge is -2.22. The predicted molar refractivity (Wildman–Crippen MR) is 513 cm³/mol. The van der Waals surface area contributed by atoms with Gasteiger partial charge in [-0.3, -0.25) is 9.13 Å². The summed E-state index contributed by atoms with van der Waals surface area (Å²) < 4.78 is 6.82. The molecule has 0 saturated carbocycles.